The Morgan fingerprint density at radius 1 is 1.15 bits per heavy atom. The van der Waals surface area contributed by atoms with Crippen LogP contribution in [0.4, 0.5) is 0 Å². The SMILES string of the molecule is COc1ccc(/C=C/n2c(C)cc(=O)cc2C)cc1O[C@@H]1CC[S@](=O)C1. The Kier molecular flexibility index (Phi) is 5.61. The van der Waals surface area contributed by atoms with Crippen LogP contribution < -0.4 is 14.9 Å². The number of ether oxygens (including phenoxy) is 2. The van der Waals surface area contributed by atoms with E-state index in [0.29, 0.717) is 23.0 Å². The van der Waals surface area contributed by atoms with E-state index in [9.17, 15) is 9.00 Å². The number of aryl methyl sites for hydroxylation is 2. The molecule has 5 nitrogen and oxygen atoms in total. The Balaban J connectivity index is 1.85. The zero-order valence-corrected chi connectivity index (χ0v) is 16.0. The Labute approximate surface area is 155 Å². The zero-order valence-electron chi connectivity index (χ0n) is 15.2. The van der Waals surface area contributed by atoms with Gasteiger partial charge in [-0.2, -0.15) is 0 Å². The van der Waals surface area contributed by atoms with E-state index in [4.69, 9.17) is 9.47 Å². The molecule has 138 valence electrons. The maximum Gasteiger partial charge on any atom is 0.182 e. The molecule has 0 radical (unpaired) electrons. The number of nitrogens with zero attached hydrogens (tertiary/aromatic N) is 1. The smallest absolute Gasteiger partial charge is 0.182 e. The molecule has 0 unspecified atom stereocenters. The van der Waals surface area contributed by atoms with Crippen molar-refractivity contribution in [1.82, 2.24) is 4.57 Å². The molecular weight excluding hydrogens is 350 g/mol. The van der Waals surface area contributed by atoms with Crippen molar-refractivity contribution >= 4 is 23.1 Å². The van der Waals surface area contributed by atoms with Crippen LogP contribution in [0.1, 0.15) is 23.4 Å². The Hall–Kier alpha value is -2.34. The molecule has 1 aromatic carbocycles. The standard InChI is InChI=1S/C20H23NO4S/c1-14-10-17(22)11-15(2)21(14)8-6-16-4-5-19(24-3)20(12-16)25-18-7-9-26(23)13-18/h4-6,8,10-12,18H,7,9,13H2,1-3H3/b8-6+/t18-,26+/m1/s1. The van der Waals surface area contributed by atoms with E-state index in [0.717, 1.165) is 23.4 Å². The fraction of sp³-hybridized carbons (Fsp3) is 0.350. The molecule has 6 heteroatoms. The molecule has 2 atom stereocenters. The molecule has 2 heterocycles. The second-order valence-corrected chi connectivity index (χ2v) is 8.03. The highest BCUT2D eigenvalue weighted by Crippen LogP contribution is 2.31. The van der Waals surface area contributed by atoms with Crippen LogP contribution >= 0.6 is 0 Å². The topological polar surface area (TPSA) is 57.5 Å². The summed E-state index contributed by atoms with van der Waals surface area (Å²) in [6.07, 6.45) is 4.66. The molecule has 1 aliphatic rings. The van der Waals surface area contributed by atoms with Crippen LogP contribution in [0.15, 0.2) is 35.1 Å². The third-order valence-electron chi connectivity index (χ3n) is 4.40. The normalized spacial score (nSPS) is 19.8. The molecule has 1 fully saturated rings. The van der Waals surface area contributed by atoms with Gasteiger partial charge in [-0.3, -0.25) is 9.00 Å². The lowest BCUT2D eigenvalue weighted by atomic mass is 10.2. The number of rotatable bonds is 5. The van der Waals surface area contributed by atoms with Gasteiger partial charge in [-0.1, -0.05) is 6.07 Å². The second kappa shape index (κ2) is 7.91. The predicted octanol–water partition coefficient (Wildman–Crippen LogP) is 3.00. The summed E-state index contributed by atoms with van der Waals surface area (Å²) in [5.74, 6) is 2.58. The molecule has 1 aromatic heterocycles. The van der Waals surface area contributed by atoms with Crippen molar-refractivity contribution in [2.45, 2.75) is 26.4 Å². The van der Waals surface area contributed by atoms with E-state index in [1.165, 1.54) is 0 Å². The maximum absolute atomic E-state index is 11.6. The monoisotopic (exact) mass is 373 g/mol. The van der Waals surface area contributed by atoms with Gasteiger partial charge >= 0.3 is 0 Å². The van der Waals surface area contributed by atoms with E-state index in [-0.39, 0.29) is 11.5 Å². The van der Waals surface area contributed by atoms with Gasteiger partial charge in [0, 0.05) is 46.3 Å². The Morgan fingerprint density at radius 3 is 2.50 bits per heavy atom. The van der Waals surface area contributed by atoms with Crippen LogP contribution in [0.5, 0.6) is 11.5 Å². The minimum Gasteiger partial charge on any atom is -0.493 e. The quantitative estimate of drug-likeness (QED) is 0.808. The molecule has 0 bridgehead atoms. The van der Waals surface area contributed by atoms with Gasteiger partial charge in [0.2, 0.25) is 0 Å². The number of pyridine rings is 1. The number of methoxy groups -OCH3 is 1. The summed E-state index contributed by atoms with van der Waals surface area (Å²) in [7, 11) is 0.824. The van der Waals surface area contributed by atoms with Gasteiger partial charge in [-0.15, -0.1) is 0 Å². The minimum atomic E-state index is -0.785. The van der Waals surface area contributed by atoms with E-state index >= 15 is 0 Å². The number of benzene rings is 1. The van der Waals surface area contributed by atoms with Gasteiger partial charge < -0.3 is 14.0 Å². The molecule has 0 amide bonds. The third kappa shape index (κ3) is 4.25. The van der Waals surface area contributed by atoms with Crippen molar-refractivity contribution in [2.75, 3.05) is 18.6 Å². The fourth-order valence-electron chi connectivity index (χ4n) is 3.06. The van der Waals surface area contributed by atoms with E-state index in [1.54, 1.807) is 19.2 Å². The van der Waals surface area contributed by atoms with Crippen LogP contribution in [0, 0.1) is 13.8 Å². The van der Waals surface area contributed by atoms with Crippen LogP contribution in [-0.4, -0.2) is 33.5 Å². The lowest BCUT2D eigenvalue weighted by Gasteiger charge is -2.16. The van der Waals surface area contributed by atoms with E-state index < -0.39 is 10.8 Å². The van der Waals surface area contributed by atoms with Crippen molar-refractivity contribution in [1.29, 1.82) is 0 Å². The summed E-state index contributed by atoms with van der Waals surface area (Å²) in [6.45, 7) is 3.81. The first-order valence-electron chi connectivity index (χ1n) is 8.54. The fourth-order valence-corrected chi connectivity index (χ4v) is 4.41. The molecule has 0 spiro atoms. The van der Waals surface area contributed by atoms with Crippen molar-refractivity contribution in [2.24, 2.45) is 0 Å². The highest BCUT2D eigenvalue weighted by Gasteiger charge is 2.23. The Bertz CT molecular complexity index is 890. The molecule has 0 N–H and O–H groups in total. The molecule has 0 saturated carbocycles. The first kappa shape index (κ1) is 18.5. The lowest BCUT2D eigenvalue weighted by molar-refractivity contribution is 0.218. The average Bonchev–Trinajstić information content (AvgIpc) is 2.99. The molecule has 26 heavy (non-hydrogen) atoms. The van der Waals surface area contributed by atoms with Crippen LogP contribution in [0.25, 0.3) is 12.3 Å². The summed E-state index contributed by atoms with van der Waals surface area (Å²) in [6, 6.07) is 8.96. The van der Waals surface area contributed by atoms with Crippen LogP contribution in [0.3, 0.4) is 0 Å². The van der Waals surface area contributed by atoms with E-state index in [2.05, 4.69) is 0 Å². The molecule has 0 aliphatic carbocycles. The largest absolute Gasteiger partial charge is 0.493 e. The van der Waals surface area contributed by atoms with Gasteiger partial charge in [-0.25, -0.2) is 0 Å². The highest BCUT2D eigenvalue weighted by molar-refractivity contribution is 7.85. The minimum absolute atomic E-state index is 0.0127. The Morgan fingerprint density at radius 2 is 1.88 bits per heavy atom. The van der Waals surface area contributed by atoms with Crippen LogP contribution in [-0.2, 0) is 10.8 Å². The summed E-state index contributed by atoms with van der Waals surface area (Å²) < 4.78 is 25.0. The first-order chi connectivity index (χ1) is 12.5. The van der Waals surface area contributed by atoms with Crippen LogP contribution in [0.2, 0.25) is 0 Å². The van der Waals surface area contributed by atoms with Gasteiger partial charge in [0.15, 0.2) is 16.9 Å². The molecule has 1 saturated heterocycles. The molecule has 2 aromatic rings. The number of aromatic nitrogens is 1. The molecular formula is C20H23NO4S. The van der Waals surface area contributed by atoms with Crippen molar-refractivity contribution in [3.05, 3.63) is 57.5 Å². The van der Waals surface area contributed by atoms with Crippen molar-refractivity contribution < 1.29 is 13.7 Å². The summed E-state index contributed by atoms with van der Waals surface area (Å²) in [5, 5.41) is 0. The lowest BCUT2D eigenvalue weighted by Crippen LogP contribution is -2.16. The third-order valence-corrected chi connectivity index (χ3v) is 5.83. The number of hydrogen-bond donors (Lipinski definition) is 0. The van der Waals surface area contributed by atoms with Gasteiger partial charge in [0.25, 0.3) is 0 Å². The van der Waals surface area contributed by atoms with Gasteiger partial charge in [-0.05, 0) is 44.0 Å². The van der Waals surface area contributed by atoms with Crippen molar-refractivity contribution in [3.8, 4) is 11.5 Å². The average molecular weight is 373 g/mol. The van der Waals surface area contributed by atoms with Gasteiger partial charge in [0.1, 0.15) is 6.10 Å². The summed E-state index contributed by atoms with van der Waals surface area (Å²) in [4.78, 5) is 11.6. The summed E-state index contributed by atoms with van der Waals surface area (Å²) >= 11 is 0. The summed E-state index contributed by atoms with van der Waals surface area (Å²) in [5.41, 5.74) is 2.73. The highest BCUT2D eigenvalue weighted by atomic mass is 32.2. The predicted molar refractivity (Wildman–Crippen MR) is 105 cm³/mol. The zero-order chi connectivity index (χ0) is 18.7. The molecule has 3 rings (SSSR count). The number of hydrogen-bond acceptors (Lipinski definition) is 4. The van der Waals surface area contributed by atoms with Gasteiger partial charge in [0.05, 0.1) is 12.9 Å². The maximum atomic E-state index is 11.6. The molecule has 1 aliphatic heterocycles. The van der Waals surface area contributed by atoms with Crippen molar-refractivity contribution in [3.63, 3.8) is 0 Å². The second-order valence-electron chi connectivity index (χ2n) is 6.41. The van der Waals surface area contributed by atoms with E-state index in [1.807, 2.05) is 48.9 Å². The first-order valence-corrected chi connectivity index (χ1v) is 10.0.